The zero-order chi connectivity index (χ0) is 18.8. The van der Waals surface area contributed by atoms with Crippen molar-refractivity contribution in [2.24, 2.45) is 16.7 Å². The molecule has 0 spiro atoms. The van der Waals surface area contributed by atoms with Crippen LogP contribution < -0.4 is 4.90 Å². The van der Waals surface area contributed by atoms with Gasteiger partial charge in [0.25, 0.3) is 0 Å². The maximum Gasteiger partial charge on any atom is 0.242 e. The van der Waals surface area contributed by atoms with Gasteiger partial charge in [0.2, 0.25) is 21.8 Å². The summed E-state index contributed by atoms with van der Waals surface area (Å²) in [6, 6.07) is 6.06. The first-order chi connectivity index (χ1) is 11.4. The summed E-state index contributed by atoms with van der Waals surface area (Å²) in [6.45, 7) is 5.87. The summed E-state index contributed by atoms with van der Waals surface area (Å²) in [5, 5.41) is 0. The fourth-order valence-corrected chi connectivity index (χ4v) is 5.00. The Morgan fingerprint density at radius 1 is 1.16 bits per heavy atom. The van der Waals surface area contributed by atoms with Crippen LogP contribution in [0.2, 0.25) is 0 Å². The molecule has 0 N–H and O–H groups in total. The number of carbonyl (C=O) groups is 2. The molecule has 0 radical (unpaired) electrons. The number of anilines is 1. The molecule has 3 rings (SSSR count). The molecule has 1 aliphatic heterocycles. The van der Waals surface area contributed by atoms with Gasteiger partial charge in [0.1, 0.15) is 0 Å². The molecule has 2 bridgehead atoms. The smallest absolute Gasteiger partial charge is 0.242 e. The van der Waals surface area contributed by atoms with Crippen molar-refractivity contribution in [2.75, 3.05) is 19.0 Å². The molecule has 1 aromatic rings. The third-order valence-corrected chi connectivity index (χ3v) is 8.09. The number of imide groups is 1. The first-order valence-corrected chi connectivity index (χ1v) is 9.79. The highest BCUT2D eigenvalue weighted by Crippen LogP contribution is 2.60. The van der Waals surface area contributed by atoms with Crippen LogP contribution in [0.4, 0.5) is 5.69 Å². The van der Waals surface area contributed by atoms with E-state index in [9.17, 15) is 18.0 Å². The third kappa shape index (κ3) is 2.29. The summed E-state index contributed by atoms with van der Waals surface area (Å²) >= 11 is 0. The Hall–Kier alpha value is -1.73. The van der Waals surface area contributed by atoms with Gasteiger partial charge in [-0.15, -0.1) is 0 Å². The van der Waals surface area contributed by atoms with Crippen LogP contribution in [0.5, 0.6) is 0 Å². The maximum absolute atomic E-state index is 13.2. The van der Waals surface area contributed by atoms with Crippen LogP contribution in [0.15, 0.2) is 29.2 Å². The number of amides is 2. The van der Waals surface area contributed by atoms with E-state index in [4.69, 9.17) is 0 Å². The summed E-state index contributed by atoms with van der Waals surface area (Å²) in [5.74, 6) is -0.704. The van der Waals surface area contributed by atoms with E-state index in [1.54, 1.807) is 12.1 Å². The molecule has 2 atom stereocenters. The van der Waals surface area contributed by atoms with Gasteiger partial charge in [-0.05, 0) is 36.5 Å². The van der Waals surface area contributed by atoms with Gasteiger partial charge in [-0.2, -0.15) is 0 Å². The second-order valence-electron chi connectivity index (χ2n) is 7.91. The van der Waals surface area contributed by atoms with E-state index in [2.05, 4.69) is 0 Å². The van der Waals surface area contributed by atoms with E-state index in [0.29, 0.717) is 18.5 Å². The number of fused-ring (bicyclic) bond motifs is 2. The van der Waals surface area contributed by atoms with Gasteiger partial charge < -0.3 is 0 Å². The first-order valence-electron chi connectivity index (χ1n) is 8.35. The Morgan fingerprint density at radius 2 is 1.80 bits per heavy atom. The minimum atomic E-state index is -3.64. The molecular weight excluding hydrogens is 340 g/mol. The fraction of sp³-hybridized carbons (Fsp3) is 0.556. The molecule has 1 saturated carbocycles. The molecular formula is C18H24N2O4S. The third-order valence-electron chi connectivity index (χ3n) is 6.27. The van der Waals surface area contributed by atoms with Crippen LogP contribution in [-0.4, -0.2) is 38.6 Å². The standard InChI is InChI=1S/C18H24N2O4S/c1-17(2)14-9-10-18(17,3)16(22)20(15(14)21)12-7-6-8-13(11-12)25(23,24)19(4)5/h6-8,11,14H,9-10H2,1-5H3/t14-,18+/m1/s1. The van der Waals surface area contributed by atoms with E-state index < -0.39 is 20.9 Å². The van der Waals surface area contributed by atoms with Gasteiger partial charge in [0.15, 0.2) is 0 Å². The zero-order valence-corrected chi connectivity index (χ0v) is 16.1. The second-order valence-corrected chi connectivity index (χ2v) is 10.1. The minimum Gasteiger partial charge on any atom is -0.274 e. The molecule has 2 aliphatic rings. The lowest BCUT2D eigenvalue weighted by Crippen LogP contribution is -2.59. The van der Waals surface area contributed by atoms with Crippen LogP contribution in [0, 0.1) is 16.7 Å². The van der Waals surface area contributed by atoms with E-state index in [1.165, 1.54) is 31.1 Å². The lowest BCUT2D eigenvalue weighted by Gasteiger charge is -2.47. The molecule has 136 valence electrons. The van der Waals surface area contributed by atoms with Crippen molar-refractivity contribution in [1.29, 1.82) is 0 Å². The van der Waals surface area contributed by atoms with E-state index in [0.717, 1.165) is 4.31 Å². The van der Waals surface area contributed by atoms with Gasteiger partial charge in [0.05, 0.1) is 16.0 Å². The highest BCUT2D eigenvalue weighted by Gasteiger charge is 2.64. The van der Waals surface area contributed by atoms with E-state index in [-0.39, 0.29) is 22.6 Å². The molecule has 2 amide bonds. The molecule has 1 saturated heterocycles. The van der Waals surface area contributed by atoms with E-state index in [1.807, 2.05) is 20.8 Å². The second kappa shape index (κ2) is 5.38. The molecule has 2 fully saturated rings. The number of hydrogen-bond acceptors (Lipinski definition) is 4. The Morgan fingerprint density at radius 3 is 2.40 bits per heavy atom. The van der Waals surface area contributed by atoms with Crippen molar-refractivity contribution in [1.82, 2.24) is 4.31 Å². The van der Waals surface area contributed by atoms with Crippen molar-refractivity contribution >= 4 is 27.5 Å². The van der Waals surface area contributed by atoms with Gasteiger partial charge in [-0.1, -0.05) is 26.8 Å². The maximum atomic E-state index is 13.2. The molecule has 1 aromatic carbocycles. The normalized spacial score (nSPS) is 28.7. The summed E-state index contributed by atoms with van der Waals surface area (Å²) < 4.78 is 25.9. The average molecular weight is 364 g/mol. The molecule has 1 aliphatic carbocycles. The predicted octanol–water partition coefficient (Wildman–Crippen LogP) is 2.25. The van der Waals surface area contributed by atoms with Gasteiger partial charge in [-0.3, -0.25) is 9.59 Å². The van der Waals surface area contributed by atoms with Gasteiger partial charge in [-0.25, -0.2) is 17.6 Å². The van der Waals surface area contributed by atoms with Crippen LogP contribution in [0.25, 0.3) is 0 Å². The lowest BCUT2D eigenvalue weighted by atomic mass is 9.62. The average Bonchev–Trinajstić information content (AvgIpc) is 2.71. The number of benzene rings is 1. The van der Waals surface area contributed by atoms with Crippen molar-refractivity contribution in [2.45, 2.75) is 38.5 Å². The molecule has 1 heterocycles. The van der Waals surface area contributed by atoms with E-state index >= 15 is 0 Å². The predicted molar refractivity (Wildman–Crippen MR) is 94.4 cm³/mol. The molecule has 0 unspecified atom stereocenters. The fourth-order valence-electron chi connectivity index (χ4n) is 4.06. The van der Waals surface area contributed by atoms with Gasteiger partial charge >= 0.3 is 0 Å². The summed E-state index contributed by atoms with van der Waals surface area (Å²) in [4.78, 5) is 27.4. The van der Waals surface area contributed by atoms with Crippen LogP contribution in [-0.2, 0) is 19.6 Å². The number of sulfonamides is 1. The summed E-state index contributed by atoms with van der Waals surface area (Å²) in [5.41, 5.74) is -0.695. The number of piperidine rings is 1. The highest BCUT2D eigenvalue weighted by molar-refractivity contribution is 7.89. The van der Waals surface area contributed by atoms with Crippen molar-refractivity contribution in [3.05, 3.63) is 24.3 Å². The lowest BCUT2D eigenvalue weighted by molar-refractivity contribution is -0.146. The number of nitrogens with zero attached hydrogens (tertiary/aromatic N) is 2. The summed E-state index contributed by atoms with van der Waals surface area (Å²) in [6.07, 6.45) is 1.35. The molecule has 0 aromatic heterocycles. The summed E-state index contributed by atoms with van der Waals surface area (Å²) in [7, 11) is -0.744. The van der Waals surface area contributed by atoms with Crippen LogP contribution >= 0.6 is 0 Å². The SMILES string of the molecule is CN(C)S(=O)(=O)c1cccc(N2C(=O)[C@H]3CC[C@@](C)(C2=O)C3(C)C)c1. The van der Waals surface area contributed by atoms with Crippen molar-refractivity contribution in [3.8, 4) is 0 Å². The number of hydrogen-bond donors (Lipinski definition) is 0. The Labute approximate surface area is 148 Å². The van der Waals surface area contributed by atoms with Crippen molar-refractivity contribution < 1.29 is 18.0 Å². The molecule has 7 heteroatoms. The van der Waals surface area contributed by atoms with Crippen LogP contribution in [0.1, 0.15) is 33.6 Å². The van der Waals surface area contributed by atoms with Crippen LogP contribution in [0.3, 0.4) is 0 Å². The topological polar surface area (TPSA) is 74.8 Å². The number of carbonyl (C=O) groups excluding carboxylic acids is 2. The number of rotatable bonds is 3. The Kier molecular flexibility index (Phi) is 3.89. The highest BCUT2D eigenvalue weighted by atomic mass is 32.2. The first kappa shape index (κ1) is 18.1. The molecule has 6 nitrogen and oxygen atoms in total. The van der Waals surface area contributed by atoms with Crippen molar-refractivity contribution in [3.63, 3.8) is 0 Å². The molecule has 25 heavy (non-hydrogen) atoms. The largest absolute Gasteiger partial charge is 0.274 e. The quantitative estimate of drug-likeness (QED) is 0.771. The monoisotopic (exact) mass is 364 g/mol. The Bertz CT molecular complexity index is 860. The zero-order valence-electron chi connectivity index (χ0n) is 15.2. The minimum absolute atomic E-state index is 0.0675. The Balaban J connectivity index is 2.10. The van der Waals surface area contributed by atoms with Gasteiger partial charge in [0, 0.05) is 20.0 Å².